The van der Waals surface area contributed by atoms with Crippen LogP contribution in [0.5, 0.6) is 0 Å². The van der Waals surface area contributed by atoms with Gasteiger partial charge in [-0.05, 0) is 26.0 Å². The molecule has 0 aliphatic heterocycles. The number of anilines is 1. The number of hydrogen-bond acceptors (Lipinski definition) is 8. The number of fused-ring (bicyclic) bond motifs is 1. The van der Waals surface area contributed by atoms with Crippen molar-refractivity contribution in [3.63, 3.8) is 0 Å². The van der Waals surface area contributed by atoms with E-state index in [1.165, 1.54) is 11.3 Å². The number of thiazole rings is 1. The molecular formula is C16H17N5O4S. The summed E-state index contributed by atoms with van der Waals surface area (Å²) in [5, 5.41) is 31.1. The number of nitrogens with zero attached hydrogens (tertiary/aromatic N) is 4. The van der Waals surface area contributed by atoms with Gasteiger partial charge in [-0.2, -0.15) is 0 Å². The average Bonchev–Trinajstić information content (AvgIpc) is 3.12. The number of rotatable bonds is 6. The van der Waals surface area contributed by atoms with Crippen molar-refractivity contribution in [2.24, 2.45) is 0 Å². The van der Waals surface area contributed by atoms with Crippen LogP contribution in [0, 0.1) is 10.4 Å². The molecule has 2 heterocycles. The number of carbonyl (C=O) groups excluding carboxylic acids is 1. The van der Waals surface area contributed by atoms with Crippen molar-refractivity contribution in [1.29, 1.82) is 0 Å². The number of nitrogens with one attached hydrogen (secondary N) is 1. The number of ether oxygens (including phenoxy) is 1. The summed E-state index contributed by atoms with van der Waals surface area (Å²) in [6.07, 6.45) is 1.54. The fourth-order valence-electron chi connectivity index (χ4n) is 2.36. The smallest absolute Gasteiger partial charge is 0.460 e. The highest BCUT2D eigenvalue weighted by Gasteiger charge is 2.21. The zero-order valence-corrected chi connectivity index (χ0v) is 15.0. The Kier molecular flexibility index (Phi) is 5.12. The van der Waals surface area contributed by atoms with Gasteiger partial charge in [-0.25, -0.2) is 4.73 Å². The Morgan fingerprint density at radius 2 is 2.15 bits per heavy atom. The lowest BCUT2D eigenvalue weighted by atomic mass is 10.2. The van der Waals surface area contributed by atoms with Crippen LogP contribution >= 0.6 is 11.3 Å². The zero-order valence-electron chi connectivity index (χ0n) is 14.2. The first-order chi connectivity index (χ1) is 12.5. The molecule has 0 aliphatic rings. The monoisotopic (exact) mass is 375 g/mol. The largest absolute Gasteiger partial charge is 0.739 e. The van der Waals surface area contributed by atoms with Gasteiger partial charge in [0.05, 0.1) is 29.5 Å². The molecule has 0 radical (unpaired) electrons. The van der Waals surface area contributed by atoms with Crippen LogP contribution in [-0.4, -0.2) is 28.7 Å². The molecule has 3 aromatic rings. The van der Waals surface area contributed by atoms with Crippen molar-refractivity contribution in [2.75, 3.05) is 11.9 Å². The van der Waals surface area contributed by atoms with Gasteiger partial charge in [0, 0.05) is 22.7 Å². The second-order valence-corrected chi connectivity index (χ2v) is 6.66. The van der Waals surface area contributed by atoms with E-state index < -0.39 is 5.97 Å². The van der Waals surface area contributed by atoms with Crippen LogP contribution in [0.1, 0.15) is 20.3 Å². The van der Waals surface area contributed by atoms with Crippen molar-refractivity contribution in [3.05, 3.63) is 40.3 Å². The lowest BCUT2D eigenvalue weighted by Gasteiger charge is -2.11. The highest BCUT2D eigenvalue weighted by Crippen LogP contribution is 2.24. The predicted molar refractivity (Wildman–Crippen MR) is 95.1 cm³/mol. The van der Waals surface area contributed by atoms with Crippen molar-refractivity contribution >= 4 is 34.3 Å². The van der Waals surface area contributed by atoms with Gasteiger partial charge in [0.2, 0.25) is 5.10 Å². The van der Waals surface area contributed by atoms with Crippen molar-refractivity contribution < 1.29 is 19.1 Å². The summed E-state index contributed by atoms with van der Waals surface area (Å²) >= 11 is 1.43. The molecule has 0 saturated heterocycles. The number of aromatic nitrogens is 4. The van der Waals surface area contributed by atoms with Gasteiger partial charge in [-0.1, -0.05) is 0 Å². The van der Waals surface area contributed by atoms with E-state index in [-0.39, 0.29) is 36.1 Å². The van der Waals surface area contributed by atoms with Crippen LogP contribution in [0.3, 0.4) is 0 Å². The molecule has 3 rings (SSSR count). The summed E-state index contributed by atoms with van der Waals surface area (Å²) in [7, 11) is 0. The van der Waals surface area contributed by atoms with Gasteiger partial charge < -0.3 is 15.2 Å². The van der Waals surface area contributed by atoms with Crippen molar-refractivity contribution in [2.45, 2.75) is 26.4 Å². The molecule has 9 nitrogen and oxygen atoms in total. The Balaban J connectivity index is 1.81. The Morgan fingerprint density at radius 1 is 1.35 bits per heavy atom. The number of hydrogen-bond donors (Lipinski definition) is 1. The summed E-state index contributed by atoms with van der Waals surface area (Å²) in [5.74, 6) is -0.565. The fraction of sp³-hybridized carbons (Fsp3) is 0.312. The van der Waals surface area contributed by atoms with E-state index in [2.05, 4.69) is 15.4 Å². The fourth-order valence-corrected chi connectivity index (χ4v) is 2.98. The van der Waals surface area contributed by atoms with Crippen LogP contribution < -0.4 is 14.9 Å². The molecular weight excluding hydrogens is 358 g/mol. The number of carbonyl (C=O) groups is 1. The quantitative estimate of drug-likeness (QED) is 0.393. The molecule has 0 spiro atoms. The molecule has 1 aromatic carbocycles. The van der Waals surface area contributed by atoms with Crippen LogP contribution in [0.25, 0.3) is 21.5 Å². The highest BCUT2D eigenvalue weighted by atomic mass is 32.1. The topological polar surface area (TPSA) is 118 Å². The minimum absolute atomic E-state index is 0.0566. The lowest BCUT2D eigenvalue weighted by Crippen LogP contribution is -2.44. The van der Waals surface area contributed by atoms with Crippen molar-refractivity contribution in [3.8, 4) is 10.4 Å². The predicted octanol–water partition coefficient (Wildman–Crippen LogP) is 1.38. The Morgan fingerprint density at radius 3 is 2.85 bits per heavy atom. The maximum atomic E-state index is 12.4. The molecule has 2 aromatic heterocycles. The SMILES string of the molecule is CC(C)OC(=O)CCNc1n[n+]([O-])c2cc(-c3cncs3)ccc2[n+]1[O-]. The zero-order chi connectivity index (χ0) is 18.7. The summed E-state index contributed by atoms with van der Waals surface area (Å²) in [4.78, 5) is 16.8. The first-order valence-corrected chi connectivity index (χ1v) is 8.83. The van der Waals surface area contributed by atoms with Crippen molar-refractivity contribution in [1.82, 2.24) is 10.1 Å². The first kappa shape index (κ1) is 17.8. The molecule has 0 saturated carbocycles. The molecule has 0 aliphatic carbocycles. The van der Waals surface area contributed by atoms with E-state index in [1.54, 1.807) is 43.8 Å². The molecule has 1 N–H and O–H groups in total. The molecule has 0 atom stereocenters. The summed E-state index contributed by atoms with van der Waals surface area (Å²) in [6.45, 7) is 3.64. The van der Waals surface area contributed by atoms with E-state index in [0.717, 1.165) is 10.4 Å². The first-order valence-electron chi connectivity index (χ1n) is 7.95. The molecule has 26 heavy (non-hydrogen) atoms. The van der Waals surface area contributed by atoms with Gasteiger partial charge in [0.25, 0.3) is 5.52 Å². The Hall–Kier alpha value is -3.01. The maximum Gasteiger partial charge on any atom is 0.460 e. The molecule has 0 unspecified atom stereocenters. The lowest BCUT2D eigenvalue weighted by molar-refractivity contribution is -0.672. The van der Waals surface area contributed by atoms with E-state index in [9.17, 15) is 15.2 Å². The molecule has 0 fully saturated rings. The van der Waals surface area contributed by atoms with Gasteiger partial charge in [-0.3, -0.25) is 15.1 Å². The molecule has 0 amide bonds. The standard InChI is InChI=1S/C16H17N5O4S/c1-10(2)25-15(22)5-6-18-16-19-21(24)13-7-11(14-8-17-9-26-14)3-4-12(13)20(16)23/h3-4,7-10H,5-6H2,1-2H3,(H,18,19). The molecule has 136 valence electrons. The van der Waals surface area contributed by atoms with Crippen LogP contribution in [0.4, 0.5) is 5.95 Å². The van der Waals surface area contributed by atoms with Crippen LogP contribution in [-0.2, 0) is 9.53 Å². The second-order valence-electron chi connectivity index (χ2n) is 5.78. The molecule has 10 heteroatoms. The molecule has 0 bridgehead atoms. The summed E-state index contributed by atoms with van der Waals surface area (Å²) < 4.78 is 5.54. The number of benzene rings is 1. The minimum atomic E-state index is -0.394. The van der Waals surface area contributed by atoms with Gasteiger partial charge in [0.1, 0.15) is 0 Å². The summed E-state index contributed by atoms with van der Waals surface area (Å²) in [5.41, 5.74) is 2.79. The van der Waals surface area contributed by atoms with E-state index in [1.807, 2.05) is 0 Å². The average molecular weight is 375 g/mol. The second kappa shape index (κ2) is 7.48. The summed E-state index contributed by atoms with van der Waals surface area (Å²) in [6, 6.07) is 4.90. The van der Waals surface area contributed by atoms with E-state index in [0.29, 0.717) is 9.58 Å². The van der Waals surface area contributed by atoms with Crippen LogP contribution in [0.15, 0.2) is 29.9 Å². The van der Waals surface area contributed by atoms with E-state index >= 15 is 0 Å². The van der Waals surface area contributed by atoms with E-state index in [4.69, 9.17) is 4.74 Å². The third-order valence-electron chi connectivity index (χ3n) is 3.47. The van der Waals surface area contributed by atoms with Gasteiger partial charge in [0.15, 0.2) is 5.52 Å². The van der Waals surface area contributed by atoms with Gasteiger partial charge in [-0.15, -0.1) is 11.3 Å². The Bertz CT molecular complexity index is 930. The third kappa shape index (κ3) is 3.80. The van der Waals surface area contributed by atoms with Crippen LogP contribution in [0.2, 0.25) is 0 Å². The highest BCUT2D eigenvalue weighted by molar-refractivity contribution is 7.13. The number of esters is 1. The maximum absolute atomic E-state index is 12.4. The van der Waals surface area contributed by atoms with Gasteiger partial charge >= 0.3 is 11.9 Å². The third-order valence-corrected chi connectivity index (χ3v) is 4.30. The Labute approximate surface area is 153 Å². The normalized spacial score (nSPS) is 11.0. The minimum Gasteiger partial charge on any atom is -0.739 e.